The van der Waals surface area contributed by atoms with Crippen LogP contribution in [-0.2, 0) is 4.79 Å². The van der Waals surface area contributed by atoms with Crippen LogP contribution < -0.4 is 15.0 Å². The molecule has 2 aromatic rings. The van der Waals surface area contributed by atoms with Crippen LogP contribution in [0.2, 0.25) is 0 Å². The summed E-state index contributed by atoms with van der Waals surface area (Å²) in [7, 11) is 1.96. The van der Waals surface area contributed by atoms with E-state index in [1.165, 1.54) is 5.56 Å². The number of fused-ring (bicyclic) bond motifs is 1. The summed E-state index contributed by atoms with van der Waals surface area (Å²) in [6.07, 6.45) is 0.0401. The first-order valence-electron chi connectivity index (χ1n) is 9.53. The number of nitrogens with zero attached hydrogens (tertiary/aromatic N) is 2. The van der Waals surface area contributed by atoms with Gasteiger partial charge < -0.3 is 15.0 Å². The van der Waals surface area contributed by atoms with E-state index in [1.807, 2.05) is 49.2 Å². The molecule has 1 unspecified atom stereocenters. The third-order valence-corrected chi connectivity index (χ3v) is 5.11. The zero-order valence-electron chi connectivity index (χ0n) is 16.7. The first-order chi connectivity index (χ1) is 13.0. The zero-order chi connectivity index (χ0) is 19.4. The minimum atomic E-state index is -0.00485. The van der Waals surface area contributed by atoms with Crippen molar-refractivity contribution in [3.63, 3.8) is 0 Å². The molecule has 0 fully saturated rings. The Hall–Kier alpha value is -2.53. The molecule has 2 aromatic carbocycles. The average Bonchev–Trinajstić information content (AvgIpc) is 2.64. The van der Waals surface area contributed by atoms with Gasteiger partial charge in [-0.05, 0) is 57.1 Å². The second kappa shape index (κ2) is 8.44. The van der Waals surface area contributed by atoms with Gasteiger partial charge in [0.25, 0.3) is 0 Å². The molecular weight excluding hydrogens is 338 g/mol. The Balaban J connectivity index is 1.57. The molecule has 5 heteroatoms. The number of nitrogens with one attached hydrogen (secondary N) is 1. The lowest BCUT2D eigenvalue weighted by atomic mass is 10.1. The summed E-state index contributed by atoms with van der Waals surface area (Å²) in [5.74, 6) is 0.915. The minimum Gasteiger partial charge on any atom is -0.485 e. The number of aryl methyl sites for hydroxylation is 1. The highest BCUT2D eigenvalue weighted by molar-refractivity contribution is 5.93. The third-order valence-electron chi connectivity index (χ3n) is 5.11. The summed E-state index contributed by atoms with van der Waals surface area (Å²) in [5, 5.41) is 3.02. The van der Waals surface area contributed by atoms with Crippen molar-refractivity contribution < 1.29 is 9.53 Å². The number of carbonyl (C=O) groups is 1. The standard InChI is InChI=1S/C22H29N3O2/c1-5-25-14-18(27-21-12-7-6-11-20(21)25)13-24(4)15-22(26)23-19-10-8-9-16(2)17(19)3/h6-12,18H,5,13-15H2,1-4H3,(H,23,26). The van der Waals surface area contributed by atoms with Crippen molar-refractivity contribution in [2.24, 2.45) is 0 Å². The number of amides is 1. The summed E-state index contributed by atoms with van der Waals surface area (Å²) in [5.41, 5.74) is 4.31. The van der Waals surface area contributed by atoms with Crippen molar-refractivity contribution >= 4 is 17.3 Å². The Bertz CT molecular complexity index is 806. The molecule has 1 N–H and O–H groups in total. The molecule has 0 spiro atoms. The highest BCUT2D eigenvalue weighted by atomic mass is 16.5. The van der Waals surface area contributed by atoms with Crippen molar-refractivity contribution in [3.8, 4) is 5.75 Å². The highest BCUT2D eigenvalue weighted by Crippen LogP contribution is 2.32. The van der Waals surface area contributed by atoms with Crippen LogP contribution in [0.3, 0.4) is 0 Å². The third kappa shape index (κ3) is 4.61. The summed E-state index contributed by atoms with van der Waals surface area (Å²) in [4.78, 5) is 16.8. The Morgan fingerprint density at radius 1 is 1.22 bits per heavy atom. The van der Waals surface area contributed by atoms with Gasteiger partial charge in [0.15, 0.2) is 0 Å². The van der Waals surface area contributed by atoms with E-state index < -0.39 is 0 Å². The lowest BCUT2D eigenvalue weighted by Gasteiger charge is -2.37. The van der Waals surface area contributed by atoms with Crippen LogP contribution in [0.25, 0.3) is 0 Å². The van der Waals surface area contributed by atoms with Crippen molar-refractivity contribution in [2.45, 2.75) is 26.9 Å². The topological polar surface area (TPSA) is 44.8 Å². The van der Waals surface area contributed by atoms with Crippen LogP contribution in [0.1, 0.15) is 18.1 Å². The fourth-order valence-electron chi connectivity index (χ4n) is 3.51. The largest absolute Gasteiger partial charge is 0.485 e. The van der Waals surface area contributed by atoms with Gasteiger partial charge in [-0.3, -0.25) is 9.69 Å². The van der Waals surface area contributed by atoms with Crippen LogP contribution in [0.5, 0.6) is 5.75 Å². The summed E-state index contributed by atoms with van der Waals surface area (Å²) in [6, 6.07) is 14.1. The van der Waals surface area contributed by atoms with Gasteiger partial charge in [0.05, 0.1) is 18.8 Å². The first kappa shape index (κ1) is 19.2. The number of anilines is 2. The SMILES string of the molecule is CCN1CC(CN(C)CC(=O)Nc2cccc(C)c2C)Oc2ccccc21. The molecular formula is C22H29N3O2. The van der Waals surface area contributed by atoms with Crippen LogP contribution >= 0.6 is 0 Å². The zero-order valence-corrected chi connectivity index (χ0v) is 16.7. The lowest BCUT2D eigenvalue weighted by Crippen LogP contribution is -2.46. The van der Waals surface area contributed by atoms with Crippen molar-refractivity contribution in [1.29, 1.82) is 0 Å². The predicted molar refractivity (Wildman–Crippen MR) is 111 cm³/mol. The van der Waals surface area contributed by atoms with Gasteiger partial charge in [0.1, 0.15) is 11.9 Å². The average molecular weight is 367 g/mol. The molecule has 1 amide bonds. The molecule has 1 aliphatic heterocycles. The quantitative estimate of drug-likeness (QED) is 0.849. The molecule has 0 saturated carbocycles. The maximum Gasteiger partial charge on any atom is 0.238 e. The maximum atomic E-state index is 12.4. The molecule has 0 radical (unpaired) electrons. The van der Waals surface area contributed by atoms with Crippen LogP contribution in [0.15, 0.2) is 42.5 Å². The number of ether oxygens (including phenoxy) is 1. The molecule has 0 aromatic heterocycles. The Morgan fingerprint density at radius 2 is 2.00 bits per heavy atom. The van der Waals surface area contributed by atoms with E-state index in [-0.39, 0.29) is 12.0 Å². The van der Waals surface area contributed by atoms with E-state index in [9.17, 15) is 4.79 Å². The molecule has 1 atom stereocenters. The van der Waals surface area contributed by atoms with E-state index in [2.05, 4.69) is 36.2 Å². The number of hydrogen-bond acceptors (Lipinski definition) is 4. The number of benzene rings is 2. The van der Waals surface area contributed by atoms with E-state index >= 15 is 0 Å². The van der Waals surface area contributed by atoms with Gasteiger partial charge in [-0.2, -0.15) is 0 Å². The summed E-state index contributed by atoms with van der Waals surface area (Å²) in [6.45, 7) is 9.03. The van der Waals surface area contributed by atoms with Gasteiger partial charge in [0.2, 0.25) is 5.91 Å². The molecule has 1 heterocycles. The second-order valence-electron chi connectivity index (χ2n) is 7.24. The molecule has 0 saturated heterocycles. The lowest BCUT2D eigenvalue weighted by molar-refractivity contribution is -0.117. The van der Waals surface area contributed by atoms with E-state index in [0.29, 0.717) is 13.1 Å². The molecule has 5 nitrogen and oxygen atoms in total. The number of hydrogen-bond donors (Lipinski definition) is 1. The van der Waals surface area contributed by atoms with Crippen LogP contribution in [0.4, 0.5) is 11.4 Å². The van der Waals surface area contributed by atoms with E-state index in [1.54, 1.807) is 0 Å². The molecule has 1 aliphatic rings. The number of para-hydroxylation sites is 2. The smallest absolute Gasteiger partial charge is 0.238 e. The number of rotatable bonds is 6. The molecule has 0 aliphatic carbocycles. The molecule has 144 valence electrons. The van der Waals surface area contributed by atoms with Gasteiger partial charge in [-0.15, -0.1) is 0 Å². The number of carbonyl (C=O) groups excluding carboxylic acids is 1. The highest BCUT2D eigenvalue weighted by Gasteiger charge is 2.25. The van der Waals surface area contributed by atoms with E-state index in [4.69, 9.17) is 4.74 Å². The fourth-order valence-corrected chi connectivity index (χ4v) is 3.51. The van der Waals surface area contributed by atoms with Crippen LogP contribution in [0, 0.1) is 13.8 Å². The van der Waals surface area contributed by atoms with E-state index in [0.717, 1.165) is 35.8 Å². The Kier molecular flexibility index (Phi) is 6.01. The van der Waals surface area contributed by atoms with Gasteiger partial charge in [-0.1, -0.05) is 24.3 Å². The van der Waals surface area contributed by atoms with Crippen LogP contribution in [-0.4, -0.2) is 50.1 Å². The predicted octanol–water partition coefficient (Wildman–Crippen LogP) is 3.46. The normalized spacial score (nSPS) is 16.0. The molecule has 27 heavy (non-hydrogen) atoms. The van der Waals surface area contributed by atoms with Crippen molar-refractivity contribution in [2.75, 3.05) is 43.4 Å². The maximum absolute atomic E-state index is 12.4. The minimum absolute atomic E-state index is 0.00485. The van der Waals surface area contributed by atoms with Gasteiger partial charge >= 0.3 is 0 Å². The Morgan fingerprint density at radius 3 is 2.78 bits per heavy atom. The molecule has 3 rings (SSSR count). The summed E-state index contributed by atoms with van der Waals surface area (Å²) >= 11 is 0. The Labute approximate surface area is 161 Å². The second-order valence-corrected chi connectivity index (χ2v) is 7.24. The fraction of sp³-hybridized carbons (Fsp3) is 0.409. The van der Waals surface area contributed by atoms with Gasteiger partial charge in [-0.25, -0.2) is 0 Å². The summed E-state index contributed by atoms with van der Waals surface area (Å²) < 4.78 is 6.15. The monoisotopic (exact) mass is 367 g/mol. The van der Waals surface area contributed by atoms with Gasteiger partial charge in [0, 0.05) is 18.8 Å². The van der Waals surface area contributed by atoms with Crippen molar-refractivity contribution in [3.05, 3.63) is 53.6 Å². The van der Waals surface area contributed by atoms with Crippen molar-refractivity contribution in [1.82, 2.24) is 4.90 Å². The first-order valence-corrected chi connectivity index (χ1v) is 9.53. The number of likely N-dealkylation sites (N-methyl/N-ethyl adjacent to an activating group) is 2. The molecule has 0 bridgehead atoms.